The third-order valence-corrected chi connectivity index (χ3v) is 4.33. The Morgan fingerprint density at radius 3 is 2.57 bits per heavy atom. The zero-order chi connectivity index (χ0) is 16.2. The minimum Gasteiger partial charge on any atom is -0.489 e. The molecule has 3 nitrogen and oxygen atoms in total. The molecule has 0 bridgehead atoms. The summed E-state index contributed by atoms with van der Waals surface area (Å²) in [5.74, 6) is 0.916. The number of ether oxygens (including phenoxy) is 1. The van der Waals surface area contributed by atoms with E-state index in [0.29, 0.717) is 12.6 Å². The average Bonchev–Trinajstić information content (AvgIpc) is 2.96. The molecule has 3 aromatic rings. The van der Waals surface area contributed by atoms with Gasteiger partial charge in [0.25, 0.3) is 0 Å². The molecule has 0 amide bonds. The zero-order valence-electron chi connectivity index (χ0n) is 14.1. The lowest BCUT2D eigenvalue weighted by atomic mass is 10.2. The van der Waals surface area contributed by atoms with Crippen LogP contribution in [0.4, 0.5) is 0 Å². The summed E-state index contributed by atoms with van der Waals surface area (Å²) < 4.78 is 8.22. The summed E-state index contributed by atoms with van der Waals surface area (Å²) in [6.45, 7) is 3.83. The Morgan fingerprint density at radius 2 is 1.83 bits per heavy atom. The number of benzene rings is 2. The van der Waals surface area contributed by atoms with Crippen LogP contribution >= 0.6 is 0 Å². The first-order valence-corrected chi connectivity index (χ1v) is 8.05. The standard InChI is InChI=1S/C20H24N2O/c1-16(21(2)3)14-22-12-11-18-13-19(9-10-20(18)22)23-15-17-7-5-4-6-8-17/h4-13,16H,14-15H2,1-3H3/t16-/m1/s1. The van der Waals surface area contributed by atoms with Crippen LogP contribution in [0.5, 0.6) is 5.75 Å². The van der Waals surface area contributed by atoms with Crippen LogP contribution < -0.4 is 4.74 Å². The van der Waals surface area contributed by atoms with Crippen molar-refractivity contribution in [3.8, 4) is 5.75 Å². The van der Waals surface area contributed by atoms with E-state index in [0.717, 1.165) is 12.3 Å². The second kappa shape index (κ2) is 6.88. The van der Waals surface area contributed by atoms with Crippen molar-refractivity contribution in [2.24, 2.45) is 0 Å². The van der Waals surface area contributed by atoms with Crippen molar-refractivity contribution < 1.29 is 4.74 Å². The summed E-state index contributed by atoms with van der Waals surface area (Å²) in [5, 5.41) is 1.22. The predicted octanol–water partition coefficient (Wildman–Crippen LogP) is 4.17. The van der Waals surface area contributed by atoms with Gasteiger partial charge in [-0.3, -0.25) is 0 Å². The molecule has 2 aromatic carbocycles. The van der Waals surface area contributed by atoms with Crippen molar-refractivity contribution >= 4 is 10.9 Å². The molecule has 0 aliphatic rings. The highest BCUT2D eigenvalue weighted by atomic mass is 16.5. The summed E-state index contributed by atoms with van der Waals surface area (Å²) in [6.07, 6.45) is 2.16. The van der Waals surface area contributed by atoms with Gasteiger partial charge in [-0.05, 0) is 50.8 Å². The molecule has 0 saturated heterocycles. The molecule has 0 aliphatic carbocycles. The summed E-state index contributed by atoms with van der Waals surface area (Å²) in [5.41, 5.74) is 2.44. The van der Waals surface area contributed by atoms with Crippen molar-refractivity contribution in [2.45, 2.75) is 26.1 Å². The van der Waals surface area contributed by atoms with Crippen LogP contribution in [0.2, 0.25) is 0 Å². The van der Waals surface area contributed by atoms with E-state index in [9.17, 15) is 0 Å². The molecular formula is C20H24N2O. The van der Waals surface area contributed by atoms with Gasteiger partial charge in [-0.25, -0.2) is 0 Å². The molecule has 120 valence electrons. The van der Waals surface area contributed by atoms with Crippen LogP contribution in [0.25, 0.3) is 10.9 Å². The molecular weight excluding hydrogens is 284 g/mol. The number of hydrogen-bond donors (Lipinski definition) is 0. The first kappa shape index (κ1) is 15.6. The van der Waals surface area contributed by atoms with Gasteiger partial charge in [-0.1, -0.05) is 30.3 Å². The highest BCUT2D eigenvalue weighted by Gasteiger charge is 2.08. The molecule has 0 saturated carbocycles. The smallest absolute Gasteiger partial charge is 0.120 e. The number of nitrogens with zero attached hydrogens (tertiary/aromatic N) is 2. The molecule has 1 aromatic heterocycles. The number of fused-ring (bicyclic) bond motifs is 1. The van der Waals surface area contributed by atoms with E-state index in [1.54, 1.807) is 0 Å². The van der Waals surface area contributed by atoms with E-state index in [-0.39, 0.29) is 0 Å². The third-order valence-electron chi connectivity index (χ3n) is 4.33. The van der Waals surface area contributed by atoms with Gasteiger partial charge in [0.05, 0.1) is 0 Å². The Hall–Kier alpha value is -2.26. The Labute approximate surface area is 138 Å². The molecule has 23 heavy (non-hydrogen) atoms. The normalized spacial score (nSPS) is 12.7. The van der Waals surface area contributed by atoms with Crippen molar-refractivity contribution in [3.63, 3.8) is 0 Å². The van der Waals surface area contributed by atoms with Crippen LogP contribution in [0.15, 0.2) is 60.8 Å². The van der Waals surface area contributed by atoms with E-state index in [1.807, 2.05) is 18.2 Å². The molecule has 3 heteroatoms. The van der Waals surface area contributed by atoms with Gasteiger partial charge in [0.1, 0.15) is 12.4 Å². The summed E-state index contributed by atoms with van der Waals surface area (Å²) in [4.78, 5) is 2.24. The maximum absolute atomic E-state index is 5.91. The van der Waals surface area contributed by atoms with Crippen molar-refractivity contribution in [1.29, 1.82) is 0 Å². The number of hydrogen-bond acceptors (Lipinski definition) is 2. The molecule has 0 radical (unpaired) electrons. The monoisotopic (exact) mass is 308 g/mol. The van der Waals surface area contributed by atoms with Gasteiger partial charge in [-0.15, -0.1) is 0 Å². The Morgan fingerprint density at radius 1 is 1.04 bits per heavy atom. The van der Waals surface area contributed by atoms with Crippen LogP contribution in [0.1, 0.15) is 12.5 Å². The molecule has 0 unspecified atom stereocenters. The van der Waals surface area contributed by atoms with Gasteiger partial charge in [0.15, 0.2) is 0 Å². The van der Waals surface area contributed by atoms with E-state index in [2.05, 4.69) is 73.1 Å². The van der Waals surface area contributed by atoms with Crippen LogP contribution in [-0.2, 0) is 13.2 Å². The quantitative estimate of drug-likeness (QED) is 0.680. The highest BCUT2D eigenvalue weighted by Crippen LogP contribution is 2.23. The number of aromatic nitrogens is 1. The fraction of sp³-hybridized carbons (Fsp3) is 0.300. The molecule has 1 heterocycles. The van der Waals surface area contributed by atoms with Crippen LogP contribution in [0.3, 0.4) is 0 Å². The summed E-state index contributed by atoms with van der Waals surface area (Å²) in [7, 11) is 4.23. The summed E-state index contributed by atoms with van der Waals surface area (Å²) >= 11 is 0. The Kier molecular flexibility index (Phi) is 4.68. The Balaban J connectivity index is 1.73. The molecule has 0 spiro atoms. The predicted molar refractivity (Wildman–Crippen MR) is 95.9 cm³/mol. The molecule has 0 N–H and O–H groups in total. The van der Waals surface area contributed by atoms with Crippen LogP contribution in [0, 0.1) is 0 Å². The first-order valence-electron chi connectivity index (χ1n) is 8.05. The lowest BCUT2D eigenvalue weighted by Crippen LogP contribution is -2.28. The molecule has 0 aliphatic heterocycles. The SMILES string of the molecule is C[C@H](Cn1ccc2cc(OCc3ccccc3)ccc21)N(C)C. The largest absolute Gasteiger partial charge is 0.489 e. The van der Waals surface area contributed by atoms with Crippen molar-refractivity contribution in [2.75, 3.05) is 14.1 Å². The lowest BCUT2D eigenvalue weighted by Gasteiger charge is -2.20. The highest BCUT2D eigenvalue weighted by molar-refractivity contribution is 5.81. The molecule has 1 atom stereocenters. The van der Waals surface area contributed by atoms with Gasteiger partial charge in [0.2, 0.25) is 0 Å². The maximum Gasteiger partial charge on any atom is 0.120 e. The summed E-state index contributed by atoms with van der Waals surface area (Å²) in [6, 6.07) is 19.2. The second-order valence-electron chi connectivity index (χ2n) is 6.28. The number of rotatable bonds is 6. The number of likely N-dealkylation sites (N-methyl/N-ethyl adjacent to an activating group) is 1. The minimum absolute atomic E-state index is 0.500. The van der Waals surface area contributed by atoms with Crippen molar-refractivity contribution in [3.05, 3.63) is 66.4 Å². The fourth-order valence-corrected chi connectivity index (χ4v) is 2.62. The van der Waals surface area contributed by atoms with E-state index in [4.69, 9.17) is 4.74 Å². The second-order valence-corrected chi connectivity index (χ2v) is 6.28. The topological polar surface area (TPSA) is 17.4 Å². The van der Waals surface area contributed by atoms with E-state index >= 15 is 0 Å². The van der Waals surface area contributed by atoms with Gasteiger partial charge < -0.3 is 14.2 Å². The van der Waals surface area contributed by atoms with Gasteiger partial charge in [-0.2, -0.15) is 0 Å². The van der Waals surface area contributed by atoms with Gasteiger partial charge >= 0.3 is 0 Å². The Bertz CT molecular complexity index is 762. The zero-order valence-corrected chi connectivity index (χ0v) is 14.1. The minimum atomic E-state index is 0.500. The van der Waals surface area contributed by atoms with E-state index in [1.165, 1.54) is 16.5 Å². The fourth-order valence-electron chi connectivity index (χ4n) is 2.62. The van der Waals surface area contributed by atoms with Crippen molar-refractivity contribution in [1.82, 2.24) is 9.47 Å². The van der Waals surface area contributed by atoms with E-state index < -0.39 is 0 Å². The van der Waals surface area contributed by atoms with Crippen LogP contribution in [-0.4, -0.2) is 29.6 Å². The third kappa shape index (κ3) is 3.74. The first-order chi connectivity index (χ1) is 11.1. The average molecular weight is 308 g/mol. The maximum atomic E-state index is 5.91. The molecule has 0 fully saturated rings. The van der Waals surface area contributed by atoms with Gasteiger partial charge in [0, 0.05) is 29.7 Å². The molecule has 3 rings (SSSR count). The lowest BCUT2D eigenvalue weighted by molar-refractivity contribution is 0.286.